The molecule has 1 fully saturated rings. The van der Waals surface area contributed by atoms with Gasteiger partial charge in [0.25, 0.3) is 5.91 Å². The molecule has 2 aromatic carbocycles. The summed E-state index contributed by atoms with van der Waals surface area (Å²) in [6.45, 7) is 3.62. The van der Waals surface area contributed by atoms with Crippen molar-refractivity contribution >= 4 is 5.91 Å². The molecule has 7 heteroatoms. The van der Waals surface area contributed by atoms with Crippen LogP contribution in [-0.2, 0) is 13.1 Å². The molecule has 1 aliphatic rings. The third-order valence-electron chi connectivity index (χ3n) is 5.80. The number of hydrogen-bond acceptors (Lipinski definition) is 4. The molecule has 0 unspecified atom stereocenters. The number of aryl methyl sites for hydroxylation is 1. The number of hydrogen-bond donors (Lipinski definition) is 1. The van der Waals surface area contributed by atoms with Crippen LogP contribution in [0.2, 0.25) is 0 Å². The molecule has 1 amide bonds. The average molecular weight is 437 g/mol. The van der Waals surface area contributed by atoms with E-state index in [1.165, 1.54) is 18.2 Å². The highest BCUT2D eigenvalue weighted by Crippen LogP contribution is 2.30. The Morgan fingerprint density at radius 1 is 1.09 bits per heavy atom. The average Bonchev–Trinajstić information content (AvgIpc) is 2.79. The van der Waals surface area contributed by atoms with Crippen LogP contribution in [0.3, 0.4) is 0 Å². The number of aromatic nitrogens is 2. The fourth-order valence-electron chi connectivity index (χ4n) is 4.09. The zero-order valence-electron chi connectivity index (χ0n) is 18.0. The van der Waals surface area contributed by atoms with Gasteiger partial charge in [0.15, 0.2) is 0 Å². The minimum absolute atomic E-state index is 0.0297. The van der Waals surface area contributed by atoms with E-state index >= 15 is 0 Å². The van der Waals surface area contributed by atoms with Gasteiger partial charge in [-0.3, -0.25) is 9.69 Å². The smallest absolute Gasteiger partial charge is 0.254 e. The minimum Gasteiger partial charge on any atom is -0.348 e. The second kappa shape index (κ2) is 9.96. The maximum absolute atomic E-state index is 13.6. The molecular weight excluding hydrogens is 410 g/mol. The van der Waals surface area contributed by atoms with Gasteiger partial charge in [-0.1, -0.05) is 30.7 Å². The van der Waals surface area contributed by atoms with Crippen molar-refractivity contribution in [3.8, 4) is 0 Å². The Hall–Kier alpha value is -3.19. The second-order valence-corrected chi connectivity index (χ2v) is 8.15. The molecule has 5 nitrogen and oxygen atoms in total. The van der Waals surface area contributed by atoms with Gasteiger partial charge in [0, 0.05) is 19.3 Å². The largest absolute Gasteiger partial charge is 0.348 e. The van der Waals surface area contributed by atoms with Crippen LogP contribution in [0.4, 0.5) is 8.78 Å². The lowest BCUT2D eigenvalue weighted by atomic mass is 10.00. The van der Waals surface area contributed by atoms with Gasteiger partial charge in [-0.05, 0) is 61.7 Å². The van der Waals surface area contributed by atoms with E-state index < -0.39 is 0 Å². The van der Waals surface area contributed by atoms with Crippen molar-refractivity contribution in [2.75, 3.05) is 6.54 Å². The third kappa shape index (κ3) is 5.34. The van der Waals surface area contributed by atoms with Gasteiger partial charge in [0.05, 0.1) is 17.3 Å². The van der Waals surface area contributed by atoms with Crippen molar-refractivity contribution in [2.45, 2.75) is 45.3 Å². The quantitative estimate of drug-likeness (QED) is 0.608. The fourth-order valence-corrected chi connectivity index (χ4v) is 4.09. The molecule has 4 rings (SSSR count). The molecule has 3 aromatic rings. The number of piperidine rings is 1. The number of carbonyl (C=O) groups is 1. The van der Waals surface area contributed by atoms with E-state index in [9.17, 15) is 13.6 Å². The number of halogens is 2. The molecule has 0 saturated carbocycles. The van der Waals surface area contributed by atoms with Crippen LogP contribution >= 0.6 is 0 Å². The van der Waals surface area contributed by atoms with E-state index in [0.29, 0.717) is 30.2 Å². The summed E-state index contributed by atoms with van der Waals surface area (Å²) < 4.78 is 26.6. The molecule has 0 spiro atoms. The summed E-state index contributed by atoms with van der Waals surface area (Å²) in [5.41, 5.74) is 2.77. The van der Waals surface area contributed by atoms with Gasteiger partial charge < -0.3 is 5.32 Å². The summed E-state index contributed by atoms with van der Waals surface area (Å²) >= 11 is 0. The molecular formula is C25H26F2N4O. The summed E-state index contributed by atoms with van der Waals surface area (Å²) in [5.74, 6) is -0.124. The van der Waals surface area contributed by atoms with Gasteiger partial charge in [0.2, 0.25) is 0 Å². The highest BCUT2D eigenvalue weighted by Gasteiger charge is 2.27. The first-order chi connectivity index (χ1) is 15.5. The van der Waals surface area contributed by atoms with Crippen molar-refractivity contribution in [1.82, 2.24) is 20.2 Å². The number of amides is 1. The highest BCUT2D eigenvalue weighted by atomic mass is 19.1. The Labute approximate surface area is 186 Å². The van der Waals surface area contributed by atoms with E-state index in [-0.39, 0.29) is 23.6 Å². The number of benzene rings is 2. The first-order valence-electron chi connectivity index (χ1n) is 10.8. The topological polar surface area (TPSA) is 58.1 Å². The van der Waals surface area contributed by atoms with E-state index in [1.807, 2.05) is 6.07 Å². The zero-order valence-corrected chi connectivity index (χ0v) is 18.0. The van der Waals surface area contributed by atoms with Crippen LogP contribution < -0.4 is 5.32 Å². The first-order valence-corrected chi connectivity index (χ1v) is 10.8. The summed E-state index contributed by atoms with van der Waals surface area (Å²) in [6, 6.07) is 12.7. The van der Waals surface area contributed by atoms with Crippen molar-refractivity contribution in [1.29, 1.82) is 0 Å². The van der Waals surface area contributed by atoms with Crippen LogP contribution in [0.1, 0.15) is 58.3 Å². The minimum atomic E-state index is -0.311. The summed E-state index contributed by atoms with van der Waals surface area (Å²) in [6.07, 6.45) is 4.65. The summed E-state index contributed by atoms with van der Waals surface area (Å²) in [5, 5.41) is 2.83. The Kier molecular flexibility index (Phi) is 6.85. The normalized spacial score (nSPS) is 16.7. The molecule has 2 heterocycles. The van der Waals surface area contributed by atoms with Gasteiger partial charge in [-0.25, -0.2) is 18.7 Å². The summed E-state index contributed by atoms with van der Waals surface area (Å²) in [7, 11) is 0. The molecule has 1 aromatic heterocycles. The lowest BCUT2D eigenvalue weighted by Gasteiger charge is -2.34. The lowest BCUT2D eigenvalue weighted by molar-refractivity contribution is 0.0948. The van der Waals surface area contributed by atoms with Crippen LogP contribution in [0.5, 0.6) is 0 Å². The van der Waals surface area contributed by atoms with Gasteiger partial charge in [0.1, 0.15) is 17.5 Å². The fraction of sp³-hybridized carbons (Fsp3) is 0.320. The monoisotopic (exact) mass is 436 g/mol. The molecule has 32 heavy (non-hydrogen) atoms. The highest BCUT2D eigenvalue weighted by molar-refractivity contribution is 5.94. The Bertz CT molecular complexity index is 1090. The van der Waals surface area contributed by atoms with Crippen LogP contribution in [0.15, 0.2) is 54.7 Å². The zero-order chi connectivity index (χ0) is 22.5. The van der Waals surface area contributed by atoms with Crippen molar-refractivity contribution in [3.63, 3.8) is 0 Å². The van der Waals surface area contributed by atoms with E-state index in [0.717, 1.165) is 36.9 Å². The van der Waals surface area contributed by atoms with Crippen LogP contribution in [0, 0.1) is 18.6 Å². The van der Waals surface area contributed by atoms with E-state index in [1.54, 1.807) is 37.4 Å². The predicted octanol–water partition coefficient (Wildman–Crippen LogP) is 4.72. The number of nitrogens with one attached hydrogen (secondary N) is 1. The number of rotatable bonds is 6. The van der Waals surface area contributed by atoms with Gasteiger partial charge >= 0.3 is 0 Å². The standard InChI is InChI=1S/C25H26F2N4O/c1-17-22(25(32)29-14-18-8-10-20(26)11-9-18)15-28-24(30-17)23-7-2-3-12-31(23)16-19-5-4-6-21(27)13-19/h4-6,8-11,13,15,23H,2-3,7,12,14,16H2,1H3,(H,29,32)/t23-/m1/s1. The molecule has 166 valence electrons. The third-order valence-corrected chi connectivity index (χ3v) is 5.80. The molecule has 1 aliphatic heterocycles. The SMILES string of the molecule is Cc1nc([C@H]2CCCCN2Cc2cccc(F)c2)ncc1C(=O)NCc1ccc(F)cc1. The van der Waals surface area contributed by atoms with E-state index in [2.05, 4.69) is 20.2 Å². The number of carbonyl (C=O) groups excluding carboxylic acids is 1. The molecule has 0 radical (unpaired) electrons. The Morgan fingerprint density at radius 3 is 2.66 bits per heavy atom. The Morgan fingerprint density at radius 2 is 1.91 bits per heavy atom. The number of nitrogens with zero attached hydrogens (tertiary/aromatic N) is 3. The lowest BCUT2D eigenvalue weighted by Crippen LogP contribution is -2.34. The van der Waals surface area contributed by atoms with Crippen molar-refractivity contribution in [3.05, 3.63) is 94.6 Å². The molecule has 1 N–H and O–H groups in total. The van der Waals surface area contributed by atoms with Crippen molar-refractivity contribution in [2.24, 2.45) is 0 Å². The maximum Gasteiger partial charge on any atom is 0.254 e. The first kappa shape index (κ1) is 22.0. The van der Waals surface area contributed by atoms with Gasteiger partial charge in [-0.15, -0.1) is 0 Å². The van der Waals surface area contributed by atoms with Gasteiger partial charge in [-0.2, -0.15) is 0 Å². The Balaban J connectivity index is 1.45. The van der Waals surface area contributed by atoms with E-state index in [4.69, 9.17) is 0 Å². The molecule has 0 aliphatic carbocycles. The molecule has 1 saturated heterocycles. The summed E-state index contributed by atoms with van der Waals surface area (Å²) in [4.78, 5) is 24.1. The predicted molar refractivity (Wildman–Crippen MR) is 118 cm³/mol. The molecule has 1 atom stereocenters. The number of likely N-dealkylation sites (tertiary alicyclic amines) is 1. The maximum atomic E-state index is 13.6. The van der Waals surface area contributed by atoms with Crippen LogP contribution in [-0.4, -0.2) is 27.3 Å². The van der Waals surface area contributed by atoms with Crippen molar-refractivity contribution < 1.29 is 13.6 Å². The second-order valence-electron chi connectivity index (χ2n) is 8.15. The van der Waals surface area contributed by atoms with Crippen LogP contribution in [0.25, 0.3) is 0 Å². The molecule has 0 bridgehead atoms.